The van der Waals surface area contributed by atoms with Gasteiger partial charge in [0.15, 0.2) is 0 Å². The fourth-order valence-corrected chi connectivity index (χ4v) is 1.99. The molecule has 0 spiro atoms. The van der Waals surface area contributed by atoms with Crippen LogP contribution in [0.2, 0.25) is 0 Å². The smallest absolute Gasteiger partial charge is 0.306 e. The SMILES string of the molecule is Cc1cccc(C(C)(C)CNCC(O)CC(=O)O)c1. The molecule has 0 aliphatic heterocycles. The van der Waals surface area contributed by atoms with E-state index >= 15 is 0 Å². The molecule has 1 aromatic carbocycles. The van der Waals surface area contributed by atoms with Gasteiger partial charge >= 0.3 is 5.97 Å². The van der Waals surface area contributed by atoms with Gasteiger partial charge in [0, 0.05) is 18.5 Å². The molecule has 0 heterocycles. The Morgan fingerprint density at radius 1 is 1.42 bits per heavy atom. The van der Waals surface area contributed by atoms with Gasteiger partial charge in [-0.15, -0.1) is 0 Å². The largest absolute Gasteiger partial charge is 0.481 e. The highest BCUT2D eigenvalue weighted by atomic mass is 16.4. The van der Waals surface area contributed by atoms with Crippen LogP contribution in [0.3, 0.4) is 0 Å². The van der Waals surface area contributed by atoms with Gasteiger partial charge in [0.1, 0.15) is 0 Å². The summed E-state index contributed by atoms with van der Waals surface area (Å²) in [4.78, 5) is 10.4. The molecule has 0 saturated carbocycles. The number of rotatable bonds is 7. The Bertz CT molecular complexity index is 429. The van der Waals surface area contributed by atoms with Crippen LogP contribution < -0.4 is 5.32 Å². The zero-order chi connectivity index (χ0) is 14.5. The Kier molecular flexibility index (Phi) is 5.51. The van der Waals surface area contributed by atoms with Crippen LogP contribution in [0.15, 0.2) is 24.3 Å². The normalized spacial score (nSPS) is 13.3. The van der Waals surface area contributed by atoms with Gasteiger partial charge < -0.3 is 15.5 Å². The third-order valence-electron chi connectivity index (χ3n) is 3.16. The number of aryl methyl sites for hydroxylation is 1. The van der Waals surface area contributed by atoms with E-state index in [4.69, 9.17) is 5.11 Å². The van der Waals surface area contributed by atoms with Crippen LogP contribution in [0, 0.1) is 6.92 Å². The van der Waals surface area contributed by atoms with Gasteiger partial charge in [0.2, 0.25) is 0 Å². The van der Waals surface area contributed by atoms with E-state index in [-0.39, 0.29) is 11.8 Å². The van der Waals surface area contributed by atoms with Crippen molar-refractivity contribution >= 4 is 5.97 Å². The molecular formula is C15H23NO3. The van der Waals surface area contributed by atoms with E-state index in [1.165, 1.54) is 11.1 Å². The summed E-state index contributed by atoms with van der Waals surface area (Å²) in [5, 5.41) is 21.2. The monoisotopic (exact) mass is 265 g/mol. The van der Waals surface area contributed by atoms with Gasteiger partial charge in [-0.1, -0.05) is 43.7 Å². The van der Waals surface area contributed by atoms with Crippen molar-refractivity contribution in [3.05, 3.63) is 35.4 Å². The van der Waals surface area contributed by atoms with Crippen molar-refractivity contribution in [2.24, 2.45) is 0 Å². The first kappa shape index (κ1) is 15.7. The molecule has 0 aliphatic carbocycles. The molecule has 4 nitrogen and oxygen atoms in total. The summed E-state index contributed by atoms with van der Waals surface area (Å²) in [5.74, 6) is -0.979. The fraction of sp³-hybridized carbons (Fsp3) is 0.533. The molecule has 3 N–H and O–H groups in total. The van der Waals surface area contributed by atoms with Crippen molar-refractivity contribution in [2.45, 2.75) is 38.7 Å². The first-order chi connectivity index (χ1) is 8.81. The number of carbonyl (C=O) groups is 1. The van der Waals surface area contributed by atoms with E-state index in [0.29, 0.717) is 13.1 Å². The molecule has 1 aromatic rings. The Morgan fingerprint density at radius 2 is 2.11 bits per heavy atom. The Balaban J connectivity index is 2.49. The topological polar surface area (TPSA) is 69.6 Å². The zero-order valence-electron chi connectivity index (χ0n) is 11.8. The molecule has 1 unspecified atom stereocenters. The minimum atomic E-state index is -0.979. The van der Waals surface area contributed by atoms with E-state index in [0.717, 1.165) is 0 Å². The molecule has 19 heavy (non-hydrogen) atoms. The Labute approximate surface area is 114 Å². The lowest BCUT2D eigenvalue weighted by Crippen LogP contribution is -2.37. The van der Waals surface area contributed by atoms with Crippen molar-refractivity contribution in [3.8, 4) is 0 Å². The zero-order valence-corrected chi connectivity index (χ0v) is 11.8. The second-order valence-electron chi connectivity index (χ2n) is 5.64. The Hall–Kier alpha value is -1.39. The maximum Gasteiger partial charge on any atom is 0.306 e. The number of hydrogen-bond acceptors (Lipinski definition) is 3. The van der Waals surface area contributed by atoms with Crippen molar-refractivity contribution in [1.29, 1.82) is 0 Å². The second kappa shape index (κ2) is 6.68. The quantitative estimate of drug-likeness (QED) is 0.702. The number of carboxylic acid groups (broad SMARTS) is 1. The van der Waals surface area contributed by atoms with Gasteiger partial charge in [-0.25, -0.2) is 0 Å². The summed E-state index contributed by atoms with van der Waals surface area (Å²) in [6, 6.07) is 8.33. The summed E-state index contributed by atoms with van der Waals surface area (Å²) >= 11 is 0. The molecule has 0 bridgehead atoms. The maximum absolute atomic E-state index is 10.4. The van der Waals surface area contributed by atoms with Gasteiger partial charge in [0.05, 0.1) is 12.5 Å². The summed E-state index contributed by atoms with van der Waals surface area (Å²) in [6.07, 6.45) is -1.07. The van der Waals surface area contributed by atoms with Crippen LogP contribution in [0.1, 0.15) is 31.4 Å². The van der Waals surface area contributed by atoms with Crippen LogP contribution in [0.25, 0.3) is 0 Å². The van der Waals surface area contributed by atoms with Crippen molar-refractivity contribution in [2.75, 3.05) is 13.1 Å². The number of hydrogen-bond donors (Lipinski definition) is 3. The molecule has 0 saturated heterocycles. The summed E-state index contributed by atoms with van der Waals surface area (Å²) in [6.45, 7) is 7.29. The summed E-state index contributed by atoms with van der Waals surface area (Å²) in [5.41, 5.74) is 2.39. The van der Waals surface area contributed by atoms with E-state index in [2.05, 4.69) is 44.3 Å². The van der Waals surface area contributed by atoms with Crippen molar-refractivity contribution < 1.29 is 15.0 Å². The molecule has 0 aliphatic rings. The molecule has 4 heteroatoms. The first-order valence-electron chi connectivity index (χ1n) is 6.49. The molecule has 0 radical (unpaired) electrons. The number of carboxylic acids is 1. The van der Waals surface area contributed by atoms with Crippen LogP contribution >= 0.6 is 0 Å². The highest BCUT2D eigenvalue weighted by Crippen LogP contribution is 2.22. The Morgan fingerprint density at radius 3 is 2.68 bits per heavy atom. The second-order valence-corrected chi connectivity index (χ2v) is 5.64. The van der Waals surface area contributed by atoms with Gasteiger partial charge in [-0.3, -0.25) is 4.79 Å². The van der Waals surface area contributed by atoms with Crippen LogP contribution in [-0.2, 0) is 10.2 Å². The maximum atomic E-state index is 10.4. The number of aliphatic hydroxyl groups excluding tert-OH is 1. The van der Waals surface area contributed by atoms with Crippen LogP contribution in [0.4, 0.5) is 0 Å². The van der Waals surface area contributed by atoms with Gasteiger partial charge in [0.25, 0.3) is 0 Å². The predicted molar refractivity (Wildman–Crippen MR) is 75.3 cm³/mol. The standard InChI is InChI=1S/C15H23NO3/c1-11-5-4-6-12(7-11)15(2,3)10-16-9-13(17)8-14(18)19/h4-7,13,16-17H,8-10H2,1-3H3,(H,18,19). The lowest BCUT2D eigenvalue weighted by molar-refractivity contribution is -0.139. The summed E-state index contributed by atoms with van der Waals surface area (Å²) in [7, 11) is 0. The third-order valence-corrected chi connectivity index (χ3v) is 3.16. The average Bonchev–Trinajstić information content (AvgIpc) is 2.27. The number of aliphatic hydroxyl groups is 1. The van der Waals surface area contributed by atoms with Crippen LogP contribution in [0.5, 0.6) is 0 Å². The van der Waals surface area contributed by atoms with Crippen molar-refractivity contribution in [3.63, 3.8) is 0 Å². The highest BCUT2D eigenvalue weighted by molar-refractivity contribution is 5.67. The number of aliphatic carboxylic acids is 1. The minimum Gasteiger partial charge on any atom is -0.481 e. The fourth-order valence-electron chi connectivity index (χ4n) is 1.99. The van der Waals surface area contributed by atoms with E-state index in [1.807, 2.05) is 6.07 Å². The molecule has 1 atom stereocenters. The van der Waals surface area contributed by atoms with E-state index in [9.17, 15) is 9.90 Å². The predicted octanol–water partition coefficient (Wildman–Crippen LogP) is 1.70. The molecule has 1 rings (SSSR count). The highest BCUT2D eigenvalue weighted by Gasteiger charge is 2.20. The first-order valence-corrected chi connectivity index (χ1v) is 6.49. The van der Waals surface area contributed by atoms with Crippen molar-refractivity contribution in [1.82, 2.24) is 5.32 Å². The number of nitrogens with one attached hydrogen (secondary N) is 1. The lowest BCUT2D eigenvalue weighted by Gasteiger charge is -2.26. The molecule has 0 amide bonds. The third kappa shape index (κ3) is 5.41. The van der Waals surface area contributed by atoms with Crippen LogP contribution in [-0.4, -0.2) is 35.4 Å². The minimum absolute atomic E-state index is 0.0606. The molecule has 106 valence electrons. The summed E-state index contributed by atoms with van der Waals surface area (Å²) < 4.78 is 0. The molecule has 0 aromatic heterocycles. The van der Waals surface area contributed by atoms with E-state index < -0.39 is 12.1 Å². The average molecular weight is 265 g/mol. The molecule has 0 fully saturated rings. The van der Waals surface area contributed by atoms with E-state index in [1.54, 1.807) is 0 Å². The van der Waals surface area contributed by atoms with Gasteiger partial charge in [-0.05, 0) is 12.5 Å². The molecular weight excluding hydrogens is 242 g/mol. The lowest BCUT2D eigenvalue weighted by atomic mass is 9.84. The number of benzene rings is 1. The van der Waals surface area contributed by atoms with Gasteiger partial charge in [-0.2, -0.15) is 0 Å².